The maximum atomic E-state index is 12.1. The predicted octanol–water partition coefficient (Wildman–Crippen LogP) is 1.65. The lowest BCUT2D eigenvalue weighted by Gasteiger charge is -2.33. The van der Waals surface area contributed by atoms with Gasteiger partial charge in [-0.1, -0.05) is 30.3 Å². The first-order chi connectivity index (χ1) is 12.2. The summed E-state index contributed by atoms with van der Waals surface area (Å²) in [5.41, 5.74) is 1.38. The minimum absolute atomic E-state index is 0.0880. The highest BCUT2D eigenvalue weighted by Gasteiger charge is 2.26. The summed E-state index contributed by atoms with van der Waals surface area (Å²) in [6, 6.07) is 10.7. The Labute approximate surface area is 149 Å². The number of carbonyl (C=O) groups excluding carboxylic acids is 2. The second-order valence-corrected chi connectivity index (χ2v) is 6.83. The number of hydrogen-bond donors (Lipinski definition) is 1. The zero-order chi connectivity index (χ0) is 17.5. The van der Waals surface area contributed by atoms with Gasteiger partial charge in [-0.3, -0.25) is 9.69 Å². The van der Waals surface area contributed by atoms with Crippen molar-refractivity contribution in [2.75, 3.05) is 39.3 Å². The highest BCUT2D eigenvalue weighted by atomic mass is 16.6. The van der Waals surface area contributed by atoms with Gasteiger partial charge in [0.2, 0.25) is 5.91 Å². The van der Waals surface area contributed by atoms with Gasteiger partial charge < -0.3 is 15.0 Å². The van der Waals surface area contributed by atoms with Crippen LogP contribution in [0.5, 0.6) is 0 Å². The molecule has 2 fully saturated rings. The van der Waals surface area contributed by atoms with Crippen LogP contribution in [0.25, 0.3) is 0 Å². The maximum absolute atomic E-state index is 12.1. The van der Waals surface area contributed by atoms with Gasteiger partial charge in [0.1, 0.15) is 13.2 Å². The molecule has 0 saturated carbocycles. The summed E-state index contributed by atoms with van der Waals surface area (Å²) in [6.45, 7) is 4.03. The lowest BCUT2D eigenvalue weighted by Crippen LogP contribution is -2.50. The van der Waals surface area contributed by atoms with Crippen LogP contribution in [0.1, 0.15) is 24.8 Å². The number of amides is 2. The van der Waals surface area contributed by atoms with Gasteiger partial charge in [0.05, 0.1) is 6.54 Å². The molecule has 0 aromatic heterocycles. The molecule has 1 aromatic carbocycles. The molecule has 1 aromatic rings. The minimum atomic E-state index is -0.388. The first kappa shape index (κ1) is 17.7. The first-order valence-corrected chi connectivity index (χ1v) is 9.18. The van der Waals surface area contributed by atoms with Crippen molar-refractivity contribution in [2.24, 2.45) is 0 Å². The van der Waals surface area contributed by atoms with Gasteiger partial charge in [-0.25, -0.2) is 4.79 Å². The number of carbonyl (C=O) groups is 2. The molecule has 2 aliphatic rings. The molecule has 0 spiro atoms. The van der Waals surface area contributed by atoms with E-state index in [1.807, 2.05) is 6.07 Å². The normalized spacial score (nSPS) is 21.2. The molecule has 6 nitrogen and oxygen atoms in total. The molecule has 1 atom stereocenters. The Morgan fingerprint density at radius 3 is 2.84 bits per heavy atom. The van der Waals surface area contributed by atoms with Crippen LogP contribution in [0.4, 0.5) is 4.79 Å². The SMILES string of the molecule is O=C(CN1CCOC1=O)NC1CCCN(CCCc2ccccc2)C1. The topological polar surface area (TPSA) is 61.9 Å². The largest absolute Gasteiger partial charge is 0.448 e. The zero-order valence-electron chi connectivity index (χ0n) is 14.7. The number of rotatable bonds is 7. The highest BCUT2D eigenvalue weighted by Crippen LogP contribution is 2.12. The van der Waals surface area contributed by atoms with Gasteiger partial charge in [-0.05, 0) is 44.3 Å². The van der Waals surface area contributed by atoms with Crippen molar-refractivity contribution in [1.29, 1.82) is 0 Å². The second-order valence-electron chi connectivity index (χ2n) is 6.83. The summed E-state index contributed by atoms with van der Waals surface area (Å²) < 4.78 is 4.85. The molecule has 25 heavy (non-hydrogen) atoms. The third-order valence-corrected chi connectivity index (χ3v) is 4.83. The second kappa shape index (κ2) is 8.85. The lowest BCUT2D eigenvalue weighted by molar-refractivity contribution is -0.122. The van der Waals surface area contributed by atoms with E-state index >= 15 is 0 Å². The van der Waals surface area contributed by atoms with Crippen molar-refractivity contribution in [2.45, 2.75) is 31.7 Å². The third kappa shape index (κ3) is 5.46. The van der Waals surface area contributed by atoms with Crippen molar-refractivity contribution in [3.05, 3.63) is 35.9 Å². The number of likely N-dealkylation sites (tertiary alicyclic amines) is 1. The van der Waals surface area contributed by atoms with Crippen LogP contribution < -0.4 is 5.32 Å². The van der Waals surface area contributed by atoms with E-state index in [4.69, 9.17) is 4.74 Å². The Morgan fingerprint density at radius 2 is 2.08 bits per heavy atom. The standard InChI is InChI=1S/C19H27N3O3/c23-18(15-22-12-13-25-19(22)24)20-17-9-5-11-21(14-17)10-4-8-16-6-2-1-3-7-16/h1-3,6-7,17H,4-5,8-15H2,(H,20,23). The minimum Gasteiger partial charge on any atom is -0.448 e. The van der Waals surface area contributed by atoms with Crippen LogP contribution in [-0.2, 0) is 16.0 Å². The third-order valence-electron chi connectivity index (χ3n) is 4.83. The number of hydrogen-bond acceptors (Lipinski definition) is 4. The fraction of sp³-hybridized carbons (Fsp3) is 0.579. The summed E-state index contributed by atoms with van der Waals surface area (Å²) >= 11 is 0. The summed E-state index contributed by atoms with van der Waals surface area (Å²) in [7, 11) is 0. The van der Waals surface area contributed by atoms with E-state index in [1.165, 1.54) is 10.5 Å². The van der Waals surface area contributed by atoms with Crippen LogP contribution in [-0.4, -0.2) is 67.2 Å². The zero-order valence-corrected chi connectivity index (χ0v) is 14.7. The Hall–Kier alpha value is -2.08. The van der Waals surface area contributed by atoms with Crippen molar-refractivity contribution in [3.8, 4) is 0 Å². The van der Waals surface area contributed by atoms with E-state index in [9.17, 15) is 9.59 Å². The molecular weight excluding hydrogens is 318 g/mol. The van der Waals surface area contributed by atoms with Gasteiger partial charge in [-0.15, -0.1) is 0 Å². The summed E-state index contributed by atoms with van der Waals surface area (Å²) in [5, 5.41) is 3.07. The van der Waals surface area contributed by atoms with Crippen LogP contribution in [0.2, 0.25) is 0 Å². The van der Waals surface area contributed by atoms with E-state index < -0.39 is 0 Å². The summed E-state index contributed by atoms with van der Waals surface area (Å²) in [6.07, 6.45) is 3.93. The average Bonchev–Trinajstić information content (AvgIpc) is 3.01. The van der Waals surface area contributed by atoms with Gasteiger partial charge >= 0.3 is 6.09 Å². The van der Waals surface area contributed by atoms with Gasteiger partial charge in [0, 0.05) is 12.6 Å². The van der Waals surface area contributed by atoms with E-state index in [0.29, 0.717) is 13.2 Å². The molecular formula is C19H27N3O3. The smallest absolute Gasteiger partial charge is 0.410 e. The maximum Gasteiger partial charge on any atom is 0.410 e. The van der Waals surface area contributed by atoms with Crippen LogP contribution in [0.15, 0.2) is 30.3 Å². The Balaban J connectivity index is 1.37. The van der Waals surface area contributed by atoms with E-state index in [1.54, 1.807) is 0 Å². The molecule has 0 radical (unpaired) electrons. The molecule has 6 heteroatoms. The van der Waals surface area contributed by atoms with Crippen LogP contribution >= 0.6 is 0 Å². The van der Waals surface area contributed by atoms with Crippen molar-refractivity contribution < 1.29 is 14.3 Å². The summed E-state index contributed by atoms with van der Waals surface area (Å²) in [4.78, 5) is 27.4. The number of nitrogens with zero attached hydrogens (tertiary/aromatic N) is 2. The molecule has 0 aliphatic carbocycles. The van der Waals surface area contributed by atoms with Gasteiger partial charge in [0.15, 0.2) is 0 Å². The van der Waals surface area contributed by atoms with E-state index in [0.717, 1.165) is 45.3 Å². The van der Waals surface area contributed by atoms with Crippen molar-refractivity contribution >= 4 is 12.0 Å². The Morgan fingerprint density at radius 1 is 1.24 bits per heavy atom. The molecule has 2 amide bonds. The van der Waals surface area contributed by atoms with E-state index in [-0.39, 0.29) is 24.6 Å². The van der Waals surface area contributed by atoms with Gasteiger partial charge in [0.25, 0.3) is 0 Å². The molecule has 1 N–H and O–H groups in total. The molecule has 0 bridgehead atoms. The van der Waals surface area contributed by atoms with E-state index in [2.05, 4.69) is 34.5 Å². The first-order valence-electron chi connectivity index (χ1n) is 9.18. The lowest BCUT2D eigenvalue weighted by atomic mass is 10.0. The Bertz CT molecular complexity index is 579. The fourth-order valence-corrected chi connectivity index (χ4v) is 3.54. The number of piperidine rings is 1. The number of aryl methyl sites for hydroxylation is 1. The Kier molecular flexibility index (Phi) is 6.28. The summed E-state index contributed by atoms with van der Waals surface area (Å²) in [5.74, 6) is -0.0880. The molecule has 2 heterocycles. The number of cyclic esters (lactones) is 1. The van der Waals surface area contributed by atoms with Gasteiger partial charge in [-0.2, -0.15) is 0 Å². The highest BCUT2D eigenvalue weighted by molar-refractivity contribution is 5.83. The van der Waals surface area contributed by atoms with Crippen LogP contribution in [0.3, 0.4) is 0 Å². The van der Waals surface area contributed by atoms with Crippen molar-refractivity contribution in [1.82, 2.24) is 15.1 Å². The monoisotopic (exact) mass is 345 g/mol. The van der Waals surface area contributed by atoms with Crippen molar-refractivity contribution in [3.63, 3.8) is 0 Å². The number of ether oxygens (including phenoxy) is 1. The fourth-order valence-electron chi connectivity index (χ4n) is 3.54. The molecule has 1 unspecified atom stereocenters. The van der Waals surface area contributed by atoms with Crippen LogP contribution in [0, 0.1) is 0 Å². The number of benzene rings is 1. The predicted molar refractivity (Wildman–Crippen MR) is 95.3 cm³/mol. The molecule has 2 aliphatic heterocycles. The average molecular weight is 345 g/mol. The molecule has 3 rings (SSSR count). The molecule has 2 saturated heterocycles. The quantitative estimate of drug-likeness (QED) is 0.816. The molecule has 136 valence electrons. The number of nitrogens with one attached hydrogen (secondary N) is 1.